The quantitative estimate of drug-likeness (QED) is 0.472. The number of halogens is 6. The molecular weight excluding hydrogens is 476 g/mol. The number of hydrogen-bond acceptors (Lipinski definition) is 6. The number of morpholine rings is 1. The fraction of sp³-hybridized carbons (Fsp3) is 0.478. The van der Waals surface area contributed by atoms with Crippen LogP contribution >= 0.6 is 0 Å². The van der Waals surface area contributed by atoms with E-state index in [0.717, 1.165) is 44.4 Å². The van der Waals surface area contributed by atoms with Crippen LogP contribution in [0.1, 0.15) is 11.1 Å². The summed E-state index contributed by atoms with van der Waals surface area (Å²) < 4.78 is 81.1. The molecule has 2 aromatic carbocycles. The van der Waals surface area contributed by atoms with Gasteiger partial charge in [0.15, 0.2) is 0 Å². The van der Waals surface area contributed by atoms with Crippen LogP contribution in [0.15, 0.2) is 36.4 Å². The fourth-order valence-corrected chi connectivity index (χ4v) is 3.85. The van der Waals surface area contributed by atoms with Crippen molar-refractivity contribution < 1.29 is 31.1 Å². The Morgan fingerprint density at radius 3 is 1.43 bits per heavy atom. The summed E-state index contributed by atoms with van der Waals surface area (Å²) in [6.07, 6.45) is -8.72. The number of alkyl halides is 6. The van der Waals surface area contributed by atoms with Crippen molar-refractivity contribution >= 4 is 22.7 Å². The number of rotatable bonds is 2. The Morgan fingerprint density at radius 2 is 1.03 bits per heavy atom. The minimum absolute atomic E-state index is 0.126. The molecule has 2 heterocycles. The molecule has 0 spiro atoms. The highest BCUT2D eigenvalue weighted by Crippen LogP contribution is 2.35. The van der Waals surface area contributed by atoms with Crippen molar-refractivity contribution in [2.24, 2.45) is 0 Å². The molecule has 194 valence electrons. The summed E-state index contributed by atoms with van der Waals surface area (Å²) in [5, 5.41) is 0. The van der Waals surface area contributed by atoms with Crippen LogP contribution < -0.4 is 21.3 Å². The predicted molar refractivity (Wildman–Crippen MR) is 124 cm³/mol. The molecule has 0 amide bonds. The Hall–Kier alpha value is -2.86. The average Bonchev–Trinajstić information content (AvgIpc) is 2.79. The van der Waals surface area contributed by atoms with Crippen molar-refractivity contribution in [3.8, 4) is 0 Å². The molecule has 0 atom stereocenters. The molecular formula is C23H29F6N5O. The second-order valence-corrected chi connectivity index (χ2v) is 8.51. The highest BCUT2D eigenvalue weighted by molar-refractivity contribution is 5.60. The lowest BCUT2D eigenvalue weighted by molar-refractivity contribution is -0.138. The van der Waals surface area contributed by atoms with Crippen LogP contribution in [0.4, 0.5) is 49.1 Å². The van der Waals surface area contributed by atoms with E-state index in [-0.39, 0.29) is 11.4 Å². The first-order valence-electron chi connectivity index (χ1n) is 11.0. The Kier molecular flexibility index (Phi) is 8.26. The number of nitrogen functional groups attached to an aromatic ring is 2. The standard InChI is InChI=1S/C12H16F3N3.C11H13F3N2O/c1-17-2-4-18(5-3-17)11-7-9(12(13,14)15)6-10(16)8-11;12-11(13,14)8-5-9(15)7-10(6-8)16-1-3-17-4-2-16/h6-8H,2-5,16H2,1H3;5-7H,1-4,15H2. The van der Waals surface area contributed by atoms with Gasteiger partial charge in [-0.1, -0.05) is 0 Å². The molecule has 4 rings (SSSR count). The van der Waals surface area contributed by atoms with Crippen molar-refractivity contribution in [3.05, 3.63) is 47.5 Å². The molecule has 0 bridgehead atoms. The SMILES string of the molecule is CN1CCN(c2cc(N)cc(C(F)(F)F)c2)CC1.Nc1cc(N2CCOCC2)cc(C(F)(F)F)c1. The van der Waals surface area contributed by atoms with Crippen LogP contribution in [-0.4, -0.2) is 64.4 Å². The van der Waals surface area contributed by atoms with Gasteiger partial charge in [-0.05, 0) is 43.4 Å². The first kappa shape index (κ1) is 26.7. The van der Waals surface area contributed by atoms with Gasteiger partial charge in [-0.3, -0.25) is 0 Å². The lowest BCUT2D eigenvalue weighted by Gasteiger charge is -2.34. The highest BCUT2D eigenvalue weighted by Gasteiger charge is 2.32. The zero-order valence-electron chi connectivity index (χ0n) is 19.3. The third-order valence-electron chi connectivity index (χ3n) is 5.78. The monoisotopic (exact) mass is 505 g/mol. The topological polar surface area (TPSA) is 71.0 Å². The number of piperazine rings is 1. The molecule has 2 aromatic rings. The predicted octanol–water partition coefficient (Wildman–Crippen LogP) is 4.16. The maximum absolute atomic E-state index is 12.7. The third kappa shape index (κ3) is 7.56. The first-order chi connectivity index (χ1) is 16.3. The molecule has 6 nitrogen and oxygen atoms in total. The molecule has 2 fully saturated rings. The molecule has 0 saturated carbocycles. The van der Waals surface area contributed by atoms with Crippen LogP contribution in [0.3, 0.4) is 0 Å². The summed E-state index contributed by atoms with van der Waals surface area (Å²) in [7, 11) is 2.00. The van der Waals surface area contributed by atoms with Crippen molar-refractivity contribution in [1.29, 1.82) is 0 Å². The van der Waals surface area contributed by atoms with E-state index in [0.29, 0.717) is 37.7 Å². The van der Waals surface area contributed by atoms with Crippen LogP contribution in [0.25, 0.3) is 0 Å². The smallest absolute Gasteiger partial charge is 0.399 e. The van der Waals surface area contributed by atoms with Gasteiger partial charge < -0.3 is 30.9 Å². The van der Waals surface area contributed by atoms with Crippen molar-refractivity contribution in [3.63, 3.8) is 0 Å². The molecule has 0 unspecified atom stereocenters. The number of anilines is 4. The van der Waals surface area contributed by atoms with E-state index in [9.17, 15) is 26.3 Å². The van der Waals surface area contributed by atoms with Gasteiger partial charge in [0.05, 0.1) is 24.3 Å². The largest absolute Gasteiger partial charge is 0.416 e. The van der Waals surface area contributed by atoms with Crippen LogP contribution in [0.5, 0.6) is 0 Å². The molecule has 0 radical (unpaired) electrons. The Balaban J connectivity index is 0.000000196. The van der Waals surface area contributed by atoms with Gasteiger partial charge >= 0.3 is 12.4 Å². The van der Waals surface area contributed by atoms with Crippen molar-refractivity contribution in [1.82, 2.24) is 4.90 Å². The van der Waals surface area contributed by atoms with Gasteiger partial charge in [-0.25, -0.2) is 0 Å². The van der Waals surface area contributed by atoms with E-state index in [1.165, 1.54) is 6.07 Å². The van der Waals surface area contributed by atoms with Gasteiger partial charge in [-0.2, -0.15) is 26.3 Å². The highest BCUT2D eigenvalue weighted by atomic mass is 19.4. The van der Waals surface area contributed by atoms with Crippen molar-refractivity contribution in [2.75, 3.05) is 80.8 Å². The van der Waals surface area contributed by atoms with Gasteiger partial charge in [0.1, 0.15) is 0 Å². The summed E-state index contributed by atoms with van der Waals surface area (Å²) in [5.74, 6) is 0. The Bertz CT molecular complexity index is 983. The maximum Gasteiger partial charge on any atom is 0.416 e. The van der Waals surface area contributed by atoms with Crippen LogP contribution in [-0.2, 0) is 17.1 Å². The number of nitrogens with two attached hydrogens (primary N) is 2. The van der Waals surface area contributed by atoms with Gasteiger partial charge in [0, 0.05) is 62.0 Å². The lowest BCUT2D eigenvalue weighted by atomic mass is 10.1. The van der Waals surface area contributed by atoms with Crippen LogP contribution in [0, 0.1) is 0 Å². The number of likely N-dealkylation sites (N-methyl/N-ethyl adjacent to an activating group) is 1. The van der Waals surface area contributed by atoms with Gasteiger partial charge in [-0.15, -0.1) is 0 Å². The number of ether oxygens (including phenoxy) is 1. The summed E-state index contributed by atoms with van der Waals surface area (Å²) in [6, 6.07) is 7.37. The molecule has 0 aromatic heterocycles. The van der Waals surface area contributed by atoms with E-state index >= 15 is 0 Å². The molecule has 12 heteroatoms. The van der Waals surface area contributed by atoms with E-state index < -0.39 is 23.5 Å². The van der Waals surface area contributed by atoms with Crippen molar-refractivity contribution in [2.45, 2.75) is 12.4 Å². The van der Waals surface area contributed by atoms with Gasteiger partial charge in [0.25, 0.3) is 0 Å². The number of hydrogen-bond donors (Lipinski definition) is 2. The van der Waals surface area contributed by atoms with Gasteiger partial charge in [0.2, 0.25) is 0 Å². The summed E-state index contributed by atoms with van der Waals surface area (Å²) >= 11 is 0. The van der Waals surface area contributed by atoms with E-state index in [4.69, 9.17) is 16.2 Å². The summed E-state index contributed by atoms with van der Waals surface area (Å²) in [5.41, 5.74) is 11.0. The zero-order chi connectivity index (χ0) is 25.8. The first-order valence-corrected chi connectivity index (χ1v) is 11.0. The third-order valence-corrected chi connectivity index (χ3v) is 5.78. The second-order valence-electron chi connectivity index (χ2n) is 8.51. The minimum atomic E-state index is -4.36. The molecule has 2 aliphatic heterocycles. The van der Waals surface area contributed by atoms with E-state index in [2.05, 4.69) is 4.90 Å². The second kappa shape index (κ2) is 10.8. The van der Waals surface area contributed by atoms with Crippen LogP contribution in [0.2, 0.25) is 0 Å². The Morgan fingerprint density at radius 1 is 0.629 bits per heavy atom. The molecule has 35 heavy (non-hydrogen) atoms. The number of nitrogens with zero attached hydrogens (tertiary/aromatic N) is 3. The number of benzene rings is 2. The normalized spacial score (nSPS) is 17.7. The lowest BCUT2D eigenvalue weighted by Crippen LogP contribution is -2.44. The maximum atomic E-state index is 12.7. The minimum Gasteiger partial charge on any atom is -0.399 e. The molecule has 2 aliphatic rings. The summed E-state index contributed by atoms with van der Waals surface area (Å²) in [4.78, 5) is 5.92. The molecule has 0 aliphatic carbocycles. The van der Waals surface area contributed by atoms with E-state index in [1.54, 1.807) is 12.1 Å². The molecule has 4 N–H and O–H groups in total. The zero-order valence-corrected chi connectivity index (χ0v) is 19.3. The Labute approximate surface area is 200 Å². The fourth-order valence-electron chi connectivity index (χ4n) is 3.85. The average molecular weight is 506 g/mol. The van der Waals surface area contributed by atoms with E-state index in [1.807, 2.05) is 16.8 Å². The molecule has 2 saturated heterocycles. The summed E-state index contributed by atoms with van der Waals surface area (Å²) in [6.45, 7) is 5.34.